The predicted molar refractivity (Wildman–Crippen MR) is 84.5 cm³/mol. The predicted octanol–water partition coefficient (Wildman–Crippen LogP) is 3.86. The maximum atomic E-state index is 12.9. The van der Waals surface area contributed by atoms with E-state index in [9.17, 15) is 14.3 Å². The molecule has 2 aromatic carbocycles. The van der Waals surface area contributed by atoms with E-state index in [2.05, 4.69) is 0 Å². The fourth-order valence-corrected chi connectivity index (χ4v) is 2.34. The highest BCUT2D eigenvalue weighted by molar-refractivity contribution is 5.75. The number of aliphatic carboxylic acids is 1. The van der Waals surface area contributed by atoms with Crippen LogP contribution < -0.4 is 9.47 Å². The van der Waals surface area contributed by atoms with E-state index in [1.54, 1.807) is 19.2 Å². The zero-order valence-corrected chi connectivity index (χ0v) is 12.9. The SMILES string of the molecule is COc1ccccc1OCCCC(C(=O)O)c1ccc(F)cc1. The van der Waals surface area contributed by atoms with Gasteiger partial charge in [-0.1, -0.05) is 24.3 Å². The minimum atomic E-state index is -0.922. The topological polar surface area (TPSA) is 55.8 Å². The second kappa shape index (κ2) is 8.17. The van der Waals surface area contributed by atoms with Crippen molar-refractivity contribution in [3.63, 3.8) is 0 Å². The Morgan fingerprint density at radius 2 is 1.78 bits per heavy atom. The number of carbonyl (C=O) groups is 1. The van der Waals surface area contributed by atoms with Crippen molar-refractivity contribution in [2.45, 2.75) is 18.8 Å². The van der Waals surface area contributed by atoms with Crippen LogP contribution in [-0.4, -0.2) is 24.8 Å². The summed E-state index contributed by atoms with van der Waals surface area (Å²) in [5, 5.41) is 9.34. The van der Waals surface area contributed by atoms with Gasteiger partial charge in [-0.3, -0.25) is 4.79 Å². The lowest BCUT2D eigenvalue weighted by atomic mass is 9.94. The molecular weight excluding hydrogens is 299 g/mol. The van der Waals surface area contributed by atoms with Crippen LogP contribution in [0.2, 0.25) is 0 Å². The highest BCUT2D eigenvalue weighted by atomic mass is 19.1. The van der Waals surface area contributed by atoms with Gasteiger partial charge in [0.15, 0.2) is 11.5 Å². The fraction of sp³-hybridized carbons (Fsp3) is 0.278. The number of methoxy groups -OCH3 is 1. The van der Waals surface area contributed by atoms with Crippen LogP contribution in [0.15, 0.2) is 48.5 Å². The third kappa shape index (κ3) is 4.71. The lowest BCUT2D eigenvalue weighted by Crippen LogP contribution is -2.13. The van der Waals surface area contributed by atoms with Crippen LogP contribution in [0.5, 0.6) is 11.5 Å². The second-order valence-corrected chi connectivity index (χ2v) is 5.08. The summed E-state index contributed by atoms with van der Waals surface area (Å²) in [6, 6.07) is 12.9. The number of halogens is 1. The van der Waals surface area contributed by atoms with E-state index >= 15 is 0 Å². The summed E-state index contributed by atoms with van der Waals surface area (Å²) in [6.45, 7) is 0.380. The van der Waals surface area contributed by atoms with E-state index in [0.717, 1.165) is 0 Å². The van der Waals surface area contributed by atoms with Crippen molar-refractivity contribution in [3.8, 4) is 11.5 Å². The molecule has 0 aliphatic heterocycles. The Bertz CT molecular complexity index is 640. The van der Waals surface area contributed by atoms with Gasteiger partial charge in [0.1, 0.15) is 5.82 Å². The molecule has 0 amide bonds. The van der Waals surface area contributed by atoms with Crippen molar-refractivity contribution < 1.29 is 23.8 Å². The molecule has 0 spiro atoms. The second-order valence-electron chi connectivity index (χ2n) is 5.08. The van der Waals surface area contributed by atoms with Crippen LogP contribution in [0.4, 0.5) is 4.39 Å². The van der Waals surface area contributed by atoms with E-state index in [-0.39, 0.29) is 5.82 Å². The van der Waals surface area contributed by atoms with Gasteiger partial charge in [0.05, 0.1) is 19.6 Å². The molecule has 0 radical (unpaired) electrons. The maximum Gasteiger partial charge on any atom is 0.310 e. The quantitative estimate of drug-likeness (QED) is 0.751. The molecule has 0 saturated heterocycles. The number of carboxylic acid groups (broad SMARTS) is 1. The first-order valence-electron chi connectivity index (χ1n) is 7.36. The third-order valence-electron chi connectivity index (χ3n) is 3.53. The third-order valence-corrected chi connectivity index (χ3v) is 3.53. The van der Waals surface area contributed by atoms with Crippen LogP contribution in [0.1, 0.15) is 24.3 Å². The average molecular weight is 318 g/mol. The molecule has 2 rings (SSSR count). The molecule has 1 N–H and O–H groups in total. The lowest BCUT2D eigenvalue weighted by molar-refractivity contribution is -0.139. The van der Waals surface area contributed by atoms with Gasteiger partial charge in [0.25, 0.3) is 0 Å². The molecule has 0 aromatic heterocycles. The zero-order valence-electron chi connectivity index (χ0n) is 12.9. The number of carboxylic acids is 1. The first-order chi connectivity index (χ1) is 11.1. The molecule has 23 heavy (non-hydrogen) atoms. The minimum absolute atomic E-state index is 0.377. The normalized spacial score (nSPS) is 11.7. The number of ether oxygens (including phenoxy) is 2. The molecule has 0 saturated carbocycles. The van der Waals surface area contributed by atoms with Crippen molar-refractivity contribution >= 4 is 5.97 Å². The number of hydrogen-bond donors (Lipinski definition) is 1. The average Bonchev–Trinajstić information content (AvgIpc) is 2.56. The summed E-state index contributed by atoms with van der Waals surface area (Å²) in [6.07, 6.45) is 0.975. The highest BCUT2D eigenvalue weighted by Gasteiger charge is 2.19. The van der Waals surface area contributed by atoms with E-state index in [1.165, 1.54) is 24.3 Å². The number of hydrogen-bond acceptors (Lipinski definition) is 3. The Labute approximate surface area is 134 Å². The molecule has 5 heteroatoms. The number of rotatable bonds is 8. The molecule has 4 nitrogen and oxygen atoms in total. The summed E-state index contributed by atoms with van der Waals surface area (Å²) in [5.74, 6) is -0.701. The zero-order chi connectivity index (χ0) is 16.7. The van der Waals surface area contributed by atoms with E-state index in [4.69, 9.17) is 9.47 Å². The van der Waals surface area contributed by atoms with Crippen molar-refractivity contribution in [2.24, 2.45) is 0 Å². The van der Waals surface area contributed by atoms with Crippen LogP contribution in [0.3, 0.4) is 0 Å². The Morgan fingerprint density at radius 1 is 1.13 bits per heavy atom. The van der Waals surface area contributed by atoms with Crippen LogP contribution >= 0.6 is 0 Å². The molecule has 0 fully saturated rings. The Morgan fingerprint density at radius 3 is 2.39 bits per heavy atom. The van der Waals surface area contributed by atoms with Gasteiger partial charge in [-0.25, -0.2) is 4.39 Å². The largest absolute Gasteiger partial charge is 0.493 e. The standard InChI is InChI=1S/C18H19FO4/c1-22-16-6-2-3-7-17(16)23-12-4-5-15(18(20)21)13-8-10-14(19)11-9-13/h2-3,6-11,15H,4-5,12H2,1H3,(H,20,21). The Hall–Kier alpha value is -2.56. The summed E-state index contributed by atoms with van der Waals surface area (Å²) >= 11 is 0. The van der Waals surface area contributed by atoms with Gasteiger partial charge in [-0.05, 0) is 42.7 Å². The molecule has 0 aliphatic rings. The first kappa shape index (κ1) is 16.8. The highest BCUT2D eigenvalue weighted by Crippen LogP contribution is 2.27. The monoisotopic (exact) mass is 318 g/mol. The van der Waals surface area contributed by atoms with Gasteiger partial charge in [-0.15, -0.1) is 0 Å². The molecule has 0 bridgehead atoms. The molecule has 1 atom stereocenters. The Balaban J connectivity index is 1.90. The summed E-state index contributed by atoms with van der Waals surface area (Å²) < 4.78 is 23.8. The fourth-order valence-electron chi connectivity index (χ4n) is 2.34. The van der Waals surface area contributed by atoms with Gasteiger partial charge < -0.3 is 14.6 Å². The molecule has 122 valence electrons. The molecule has 0 aliphatic carbocycles. The summed E-state index contributed by atoms with van der Waals surface area (Å²) in [4.78, 5) is 11.4. The van der Waals surface area contributed by atoms with E-state index < -0.39 is 11.9 Å². The first-order valence-corrected chi connectivity index (χ1v) is 7.36. The van der Waals surface area contributed by atoms with Gasteiger partial charge in [-0.2, -0.15) is 0 Å². The number of benzene rings is 2. The van der Waals surface area contributed by atoms with Crippen molar-refractivity contribution in [1.29, 1.82) is 0 Å². The lowest BCUT2D eigenvalue weighted by Gasteiger charge is -2.14. The van der Waals surface area contributed by atoms with Gasteiger partial charge >= 0.3 is 5.97 Å². The Kier molecular flexibility index (Phi) is 5.97. The summed E-state index contributed by atoms with van der Waals surface area (Å²) in [7, 11) is 1.57. The van der Waals surface area contributed by atoms with Gasteiger partial charge in [0, 0.05) is 0 Å². The number of para-hydroxylation sites is 2. The van der Waals surface area contributed by atoms with Crippen LogP contribution in [-0.2, 0) is 4.79 Å². The molecule has 0 heterocycles. The smallest absolute Gasteiger partial charge is 0.310 e. The minimum Gasteiger partial charge on any atom is -0.493 e. The molecular formula is C18H19FO4. The summed E-state index contributed by atoms with van der Waals surface area (Å²) in [5.41, 5.74) is 0.594. The maximum absolute atomic E-state index is 12.9. The molecule has 1 unspecified atom stereocenters. The van der Waals surface area contributed by atoms with E-state index in [1.807, 2.05) is 12.1 Å². The van der Waals surface area contributed by atoms with Crippen molar-refractivity contribution in [2.75, 3.05) is 13.7 Å². The van der Waals surface area contributed by atoms with Crippen molar-refractivity contribution in [1.82, 2.24) is 0 Å². The van der Waals surface area contributed by atoms with Crippen LogP contribution in [0, 0.1) is 5.82 Å². The van der Waals surface area contributed by atoms with E-state index in [0.29, 0.717) is 36.5 Å². The van der Waals surface area contributed by atoms with Gasteiger partial charge in [0.2, 0.25) is 0 Å². The molecule has 2 aromatic rings. The van der Waals surface area contributed by atoms with Crippen LogP contribution in [0.25, 0.3) is 0 Å². The van der Waals surface area contributed by atoms with Crippen molar-refractivity contribution in [3.05, 3.63) is 59.9 Å².